The summed E-state index contributed by atoms with van der Waals surface area (Å²) in [7, 11) is 0. The first-order valence-electron chi connectivity index (χ1n) is 10.7. The molecule has 0 saturated carbocycles. The number of oxazole rings is 1. The molecule has 5 nitrogen and oxygen atoms in total. The molecular weight excluding hydrogens is 412 g/mol. The van der Waals surface area contributed by atoms with Crippen molar-refractivity contribution >= 4 is 22.7 Å². The number of hydrogen-bond donors (Lipinski definition) is 1. The third-order valence-corrected chi connectivity index (χ3v) is 5.31. The van der Waals surface area contributed by atoms with Crippen LogP contribution in [-0.4, -0.2) is 17.5 Å². The van der Waals surface area contributed by atoms with E-state index in [-0.39, 0.29) is 12.5 Å². The number of nitrogens with one attached hydrogen (secondary N) is 1. The third kappa shape index (κ3) is 4.62. The summed E-state index contributed by atoms with van der Waals surface area (Å²) in [6.07, 6.45) is 0. The lowest BCUT2D eigenvalue weighted by atomic mass is 10.1. The molecule has 5 heteroatoms. The molecule has 0 aliphatic heterocycles. The van der Waals surface area contributed by atoms with Crippen LogP contribution in [0.5, 0.6) is 5.75 Å². The lowest BCUT2D eigenvalue weighted by Gasteiger charge is -2.10. The van der Waals surface area contributed by atoms with Crippen LogP contribution in [0.3, 0.4) is 0 Å². The van der Waals surface area contributed by atoms with Crippen molar-refractivity contribution in [3.8, 4) is 28.3 Å². The fourth-order valence-electron chi connectivity index (χ4n) is 3.64. The second-order valence-electron chi connectivity index (χ2n) is 7.76. The summed E-state index contributed by atoms with van der Waals surface area (Å²) in [6.45, 7) is 1.91. The quantitative estimate of drug-likeness (QED) is 0.332. The van der Waals surface area contributed by atoms with E-state index >= 15 is 0 Å². The van der Waals surface area contributed by atoms with Gasteiger partial charge in [-0.05, 0) is 60.0 Å². The molecule has 5 aromatic rings. The van der Waals surface area contributed by atoms with Gasteiger partial charge in [-0.1, -0.05) is 60.7 Å². The molecule has 0 bridgehead atoms. The Balaban J connectivity index is 1.27. The van der Waals surface area contributed by atoms with E-state index in [1.54, 1.807) is 0 Å². The number of fused-ring (bicyclic) bond motifs is 1. The van der Waals surface area contributed by atoms with E-state index in [2.05, 4.69) is 22.4 Å². The Kier molecular flexibility index (Phi) is 5.60. The molecule has 0 radical (unpaired) electrons. The monoisotopic (exact) mass is 434 g/mol. The molecule has 0 saturated heterocycles. The summed E-state index contributed by atoms with van der Waals surface area (Å²) in [6, 6.07) is 31.1. The van der Waals surface area contributed by atoms with Crippen LogP contribution in [-0.2, 0) is 4.79 Å². The molecule has 0 atom stereocenters. The first-order chi connectivity index (χ1) is 16.2. The van der Waals surface area contributed by atoms with Crippen LogP contribution in [0.25, 0.3) is 33.7 Å². The number of aryl methyl sites for hydroxylation is 1. The summed E-state index contributed by atoms with van der Waals surface area (Å²) in [5.41, 5.74) is 6.16. The maximum Gasteiger partial charge on any atom is 0.262 e. The molecular formula is C28H22N2O3. The Bertz CT molecular complexity index is 1410. The molecule has 0 spiro atoms. The number of para-hydroxylation sites is 1. The van der Waals surface area contributed by atoms with Crippen LogP contribution in [0.2, 0.25) is 0 Å². The molecule has 1 amide bonds. The molecule has 1 N–H and O–H groups in total. The van der Waals surface area contributed by atoms with E-state index in [1.165, 1.54) is 0 Å². The number of carbonyl (C=O) groups excluding carboxylic acids is 1. The fourth-order valence-corrected chi connectivity index (χ4v) is 3.64. The van der Waals surface area contributed by atoms with Gasteiger partial charge < -0.3 is 14.5 Å². The van der Waals surface area contributed by atoms with Gasteiger partial charge in [0.2, 0.25) is 5.89 Å². The van der Waals surface area contributed by atoms with E-state index in [0.29, 0.717) is 28.5 Å². The topological polar surface area (TPSA) is 64.4 Å². The lowest BCUT2D eigenvalue weighted by molar-refractivity contribution is -0.118. The Hall–Kier alpha value is -4.38. The molecule has 33 heavy (non-hydrogen) atoms. The molecule has 162 valence electrons. The van der Waals surface area contributed by atoms with Crippen molar-refractivity contribution in [1.29, 1.82) is 0 Å². The normalized spacial score (nSPS) is 10.8. The number of amides is 1. The number of rotatable bonds is 6. The minimum atomic E-state index is -0.262. The molecule has 5 rings (SSSR count). The summed E-state index contributed by atoms with van der Waals surface area (Å²) in [5, 5.41) is 2.91. The van der Waals surface area contributed by atoms with Gasteiger partial charge in [0, 0.05) is 0 Å². The average molecular weight is 434 g/mol. The minimum Gasteiger partial charge on any atom is -0.484 e. The fraction of sp³-hybridized carbons (Fsp3) is 0.0714. The standard InChI is InChI=1S/C28H22N2O3/c1-19-11-16-26-25(17-19)30-28(33-26)23-9-5-6-10-24(23)29-27(31)18-32-22-14-12-21(13-15-22)20-7-3-2-4-8-20/h2-17H,18H2,1H3,(H,29,31). The first kappa shape index (κ1) is 20.5. The maximum absolute atomic E-state index is 12.6. The second-order valence-corrected chi connectivity index (χ2v) is 7.76. The predicted molar refractivity (Wildman–Crippen MR) is 130 cm³/mol. The number of hydrogen-bond acceptors (Lipinski definition) is 4. The van der Waals surface area contributed by atoms with Gasteiger partial charge in [0.25, 0.3) is 5.91 Å². The van der Waals surface area contributed by atoms with E-state index in [9.17, 15) is 4.79 Å². The van der Waals surface area contributed by atoms with E-state index in [4.69, 9.17) is 9.15 Å². The van der Waals surface area contributed by atoms with Gasteiger partial charge in [0.05, 0.1) is 11.3 Å². The van der Waals surface area contributed by atoms with E-state index in [1.807, 2.05) is 91.9 Å². The number of carbonyl (C=O) groups is 1. The zero-order valence-electron chi connectivity index (χ0n) is 18.1. The van der Waals surface area contributed by atoms with Crippen LogP contribution in [0.1, 0.15) is 5.56 Å². The van der Waals surface area contributed by atoms with Gasteiger partial charge >= 0.3 is 0 Å². The lowest BCUT2D eigenvalue weighted by Crippen LogP contribution is -2.20. The zero-order chi connectivity index (χ0) is 22.6. The number of anilines is 1. The molecule has 1 heterocycles. The highest BCUT2D eigenvalue weighted by molar-refractivity contribution is 5.96. The molecule has 0 unspecified atom stereocenters. The third-order valence-electron chi connectivity index (χ3n) is 5.31. The van der Waals surface area contributed by atoms with Crippen molar-refractivity contribution in [2.75, 3.05) is 11.9 Å². The molecule has 4 aromatic carbocycles. The van der Waals surface area contributed by atoms with Crippen molar-refractivity contribution in [3.05, 3.63) is 103 Å². The number of nitrogens with zero attached hydrogens (tertiary/aromatic N) is 1. The minimum absolute atomic E-state index is 0.105. The van der Waals surface area contributed by atoms with Gasteiger partial charge in [-0.2, -0.15) is 0 Å². The van der Waals surface area contributed by atoms with Crippen LogP contribution >= 0.6 is 0 Å². The Morgan fingerprint density at radius 3 is 2.42 bits per heavy atom. The van der Waals surface area contributed by atoms with Crippen molar-refractivity contribution in [2.24, 2.45) is 0 Å². The SMILES string of the molecule is Cc1ccc2oc(-c3ccccc3NC(=O)COc3ccc(-c4ccccc4)cc3)nc2c1. The maximum atomic E-state index is 12.6. The van der Waals surface area contributed by atoms with E-state index < -0.39 is 0 Å². The molecule has 0 aliphatic rings. The highest BCUT2D eigenvalue weighted by Gasteiger charge is 2.14. The number of aromatic nitrogens is 1. The predicted octanol–water partition coefficient (Wildman–Crippen LogP) is 6.49. The Morgan fingerprint density at radius 1 is 0.879 bits per heavy atom. The number of ether oxygens (including phenoxy) is 1. The summed E-state index contributed by atoms with van der Waals surface area (Å²) in [5.74, 6) is 0.831. The van der Waals surface area contributed by atoms with Crippen LogP contribution < -0.4 is 10.1 Å². The number of benzene rings is 4. The molecule has 1 aromatic heterocycles. The molecule has 0 fully saturated rings. The van der Waals surface area contributed by atoms with Crippen LogP contribution in [0, 0.1) is 6.92 Å². The zero-order valence-corrected chi connectivity index (χ0v) is 18.1. The highest BCUT2D eigenvalue weighted by atomic mass is 16.5. The largest absolute Gasteiger partial charge is 0.484 e. The molecule has 0 aliphatic carbocycles. The Morgan fingerprint density at radius 2 is 1.61 bits per heavy atom. The van der Waals surface area contributed by atoms with Gasteiger partial charge in [0.1, 0.15) is 11.3 Å². The van der Waals surface area contributed by atoms with Crippen molar-refractivity contribution in [2.45, 2.75) is 6.92 Å². The summed E-state index contributed by atoms with van der Waals surface area (Å²) in [4.78, 5) is 17.2. The van der Waals surface area contributed by atoms with Gasteiger partial charge in [-0.3, -0.25) is 4.79 Å². The summed E-state index contributed by atoms with van der Waals surface area (Å²) >= 11 is 0. The smallest absolute Gasteiger partial charge is 0.262 e. The van der Waals surface area contributed by atoms with Gasteiger partial charge in [-0.25, -0.2) is 4.98 Å². The van der Waals surface area contributed by atoms with Crippen LogP contribution in [0.15, 0.2) is 101 Å². The Labute approximate surface area is 191 Å². The summed E-state index contributed by atoms with van der Waals surface area (Å²) < 4.78 is 11.6. The van der Waals surface area contributed by atoms with Crippen molar-refractivity contribution in [1.82, 2.24) is 4.98 Å². The van der Waals surface area contributed by atoms with Gasteiger partial charge in [-0.15, -0.1) is 0 Å². The van der Waals surface area contributed by atoms with Gasteiger partial charge in [0.15, 0.2) is 12.2 Å². The van der Waals surface area contributed by atoms with Crippen molar-refractivity contribution < 1.29 is 13.9 Å². The highest BCUT2D eigenvalue weighted by Crippen LogP contribution is 2.30. The van der Waals surface area contributed by atoms with Crippen LogP contribution in [0.4, 0.5) is 5.69 Å². The second kappa shape index (κ2) is 9.01. The van der Waals surface area contributed by atoms with Crippen molar-refractivity contribution in [3.63, 3.8) is 0 Å². The first-order valence-corrected chi connectivity index (χ1v) is 10.7. The average Bonchev–Trinajstić information content (AvgIpc) is 3.27. The van der Waals surface area contributed by atoms with E-state index in [0.717, 1.165) is 22.2 Å².